The van der Waals surface area contributed by atoms with Crippen LogP contribution in [0.2, 0.25) is 0 Å². The van der Waals surface area contributed by atoms with Gasteiger partial charge >= 0.3 is 0 Å². The van der Waals surface area contributed by atoms with Crippen LogP contribution in [-0.2, 0) is 13.1 Å². The highest BCUT2D eigenvalue weighted by atomic mass is 16.5. The first kappa shape index (κ1) is 12.6. The summed E-state index contributed by atoms with van der Waals surface area (Å²) in [5, 5.41) is 7.42. The highest BCUT2D eigenvalue weighted by molar-refractivity contribution is 5.05. The Morgan fingerprint density at radius 3 is 2.94 bits per heavy atom. The molecule has 0 aliphatic heterocycles. The van der Waals surface area contributed by atoms with E-state index >= 15 is 0 Å². The average Bonchev–Trinajstić information content (AvgIpc) is 3.08. The van der Waals surface area contributed by atoms with Crippen molar-refractivity contribution in [3.8, 4) is 0 Å². The van der Waals surface area contributed by atoms with E-state index in [-0.39, 0.29) is 0 Å². The maximum Gasteiger partial charge on any atom is 0.151 e. The van der Waals surface area contributed by atoms with Crippen molar-refractivity contribution < 1.29 is 4.52 Å². The van der Waals surface area contributed by atoms with Crippen molar-refractivity contribution >= 4 is 0 Å². The third-order valence-corrected chi connectivity index (χ3v) is 3.17. The number of rotatable bonds is 8. The molecule has 0 atom stereocenters. The van der Waals surface area contributed by atoms with Crippen LogP contribution in [0.3, 0.4) is 0 Å². The van der Waals surface area contributed by atoms with E-state index < -0.39 is 0 Å². The van der Waals surface area contributed by atoms with E-state index in [9.17, 15) is 0 Å². The molecule has 1 saturated carbocycles. The Balaban J connectivity index is 1.80. The lowest BCUT2D eigenvalue weighted by Crippen LogP contribution is -2.24. The maximum absolute atomic E-state index is 5.37. The Bertz CT molecular complexity index is 333. The van der Waals surface area contributed by atoms with E-state index in [4.69, 9.17) is 4.52 Å². The third-order valence-electron chi connectivity index (χ3n) is 3.17. The van der Waals surface area contributed by atoms with Crippen LogP contribution in [0.25, 0.3) is 0 Å². The van der Waals surface area contributed by atoms with Gasteiger partial charge in [0.15, 0.2) is 5.76 Å². The molecule has 0 spiro atoms. The number of nitrogens with one attached hydrogen (secondary N) is 1. The minimum absolute atomic E-state index is 0.784. The molecule has 17 heavy (non-hydrogen) atoms. The minimum atomic E-state index is 0.784. The monoisotopic (exact) mass is 237 g/mol. The van der Waals surface area contributed by atoms with Crippen LogP contribution in [0, 0.1) is 0 Å². The summed E-state index contributed by atoms with van der Waals surface area (Å²) in [6.07, 6.45) is 3.83. The molecule has 1 heterocycles. The highest BCUT2D eigenvalue weighted by Gasteiger charge is 2.28. The van der Waals surface area contributed by atoms with Gasteiger partial charge in [-0.3, -0.25) is 4.90 Å². The van der Waals surface area contributed by atoms with Gasteiger partial charge in [-0.25, -0.2) is 0 Å². The summed E-state index contributed by atoms with van der Waals surface area (Å²) in [5.41, 5.74) is 1.01. The van der Waals surface area contributed by atoms with Crippen molar-refractivity contribution in [2.45, 2.75) is 52.2 Å². The summed E-state index contributed by atoms with van der Waals surface area (Å²) in [6.45, 7) is 8.21. The first-order valence-electron chi connectivity index (χ1n) is 6.72. The van der Waals surface area contributed by atoms with Crippen molar-refractivity contribution in [1.29, 1.82) is 0 Å². The van der Waals surface area contributed by atoms with Gasteiger partial charge in [-0.05, 0) is 32.4 Å². The van der Waals surface area contributed by atoms with Gasteiger partial charge in [-0.1, -0.05) is 19.0 Å². The lowest BCUT2D eigenvalue weighted by molar-refractivity contribution is 0.232. The van der Waals surface area contributed by atoms with Gasteiger partial charge in [-0.2, -0.15) is 0 Å². The predicted octanol–water partition coefficient (Wildman–Crippen LogP) is 2.16. The Morgan fingerprint density at radius 2 is 2.29 bits per heavy atom. The normalized spacial score (nSPS) is 15.7. The molecule has 1 aliphatic carbocycles. The Labute approximate surface area is 103 Å². The third kappa shape index (κ3) is 3.82. The van der Waals surface area contributed by atoms with E-state index in [0.29, 0.717) is 0 Å². The van der Waals surface area contributed by atoms with Crippen LogP contribution >= 0.6 is 0 Å². The fourth-order valence-corrected chi connectivity index (χ4v) is 2.05. The van der Waals surface area contributed by atoms with E-state index in [1.165, 1.54) is 12.8 Å². The van der Waals surface area contributed by atoms with Crippen LogP contribution in [-0.4, -0.2) is 29.2 Å². The molecule has 2 rings (SSSR count). The van der Waals surface area contributed by atoms with Crippen LogP contribution in [0.1, 0.15) is 44.6 Å². The molecule has 0 amide bonds. The van der Waals surface area contributed by atoms with Crippen LogP contribution < -0.4 is 5.32 Å². The van der Waals surface area contributed by atoms with E-state index in [0.717, 1.165) is 50.1 Å². The zero-order chi connectivity index (χ0) is 12.1. The molecule has 1 aliphatic rings. The second-order valence-corrected chi connectivity index (χ2v) is 4.76. The summed E-state index contributed by atoms with van der Waals surface area (Å²) >= 11 is 0. The van der Waals surface area contributed by atoms with Crippen LogP contribution in [0.4, 0.5) is 0 Å². The molecule has 4 heteroatoms. The van der Waals surface area contributed by atoms with Gasteiger partial charge in [0.05, 0.1) is 12.2 Å². The smallest absolute Gasteiger partial charge is 0.151 e. The molecule has 0 bridgehead atoms. The zero-order valence-corrected chi connectivity index (χ0v) is 10.9. The maximum atomic E-state index is 5.37. The van der Waals surface area contributed by atoms with Crippen molar-refractivity contribution in [2.24, 2.45) is 0 Å². The number of hydrogen-bond acceptors (Lipinski definition) is 4. The molecule has 1 aromatic rings. The standard InChI is InChI=1S/C13H23N3O/c1-3-7-14-9-11-8-13(17-15-11)10-16(4-2)12-5-6-12/h8,12,14H,3-7,9-10H2,1-2H3. The minimum Gasteiger partial charge on any atom is -0.360 e. The lowest BCUT2D eigenvalue weighted by Gasteiger charge is -2.17. The summed E-state index contributed by atoms with van der Waals surface area (Å²) in [5.74, 6) is 0.993. The summed E-state index contributed by atoms with van der Waals surface area (Å²) in [7, 11) is 0. The summed E-state index contributed by atoms with van der Waals surface area (Å²) in [4.78, 5) is 2.46. The predicted molar refractivity (Wildman–Crippen MR) is 67.6 cm³/mol. The largest absolute Gasteiger partial charge is 0.360 e. The van der Waals surface area contributed by atoms with Gasteiger partial charge in [0.2, 0.25) is 0 Å². The van der Waals surface area contributed by atoms with Gasteiger partial charge in [0.25, 0.3) is 0 Å². The van der Waals surface area contributed by atoms with E-state index in [2.05, 4.69) is 35.3 Å². The summed E-state index contributed by atoms with van der Waals surface area (Å²) in [6, 6.07) is 2.86. The first-order chi connectivity index (χ1) is 8.33. The number of nitrogens with zero attached hydrogens (tertiary/aromatic N) is 2. The second-order valence-electron chi connectivity index (χ2n) is 4.76. The molecule has 1 N–H and O–H groups in total. The van der Waals surface area contributed by atoms with E-state index in [1.807, 2.05) is 0 Å². The fraction of sp³-hybridized carbons (Fsp3) is 0.769. The van der Waals surface area contributed by atoms with Crippen LogP contribution in [0.15, 0.2) is 10.6 Å². The van der Waals surface area contributed by atoms with Crippen molar-refractivity contribution in [1.82, 2.24) is 15.4 Å². The van der Waals surface area contributed by atoms with E-state index in [1.54, 1.807) is 0 Å². The second kappa shape index (κ2) is 6.17. The molecule has 4 nitrogen and oxygen atoms in total. The Kier molecular flexibility index (Phi) is 4.57. The van der Waals surface area contributed by atoms with Gasteiger partial charge < -0.3 is 9.84 Å². The SMILES string of the molecule is CCCNCc1cc(CN(CC)C2CC2)on1. The summed E-state index contributed by atoms with van der Waals surface area (Å²) < 4.78 is 5.37. The lowest BCUT2D eigenvalue weighted by atomic mass is 10.3. The molecule has 1 aromatic heterocycles. The fourth-order valence-electron chi connectivity index (χ4n) is 2.05. The van der Waals surface area contributed by atoms with Gasteiger partial charge in [0.1, 0.15) is 0 Å². The van der Waals surface area contributed by atoms with Crippen molar-refractivity contribution in [2.75, 3.05) is 13.1 Å². The molecule has 96 valence electrons. The molecule has 0 aromatic carbocycles. The van der Waals surface area contributed by atoms with Gasteiger partial charge in [-0.15, -0.1) is 0 Å². The molecule has 1 fully saturated rings. The van der Waals surface area contributed by atoms with Gasteiger partial charge in [0, 0.05) is 18.7 Å². The molecular formula is C13H23N3O. The number of hydrogen-bond donors (Lipinski definition) is 1. The average molecular weight is 237 g/mol. The Morgan fingerprint density at radius 1 is 1.47 bits per heavy atom. The first-order valence-corrected chi connectivity index (χ1v) is 6.72. The topological polar surface area (TPSA) is 41.3 Å². The Hall–Kier alpha value is -0.870. The molecule has 0 radical (unpaired) electrons. The zero-order valence-electron chi connectivity index (χ0n) is 10.9. The molecule has 0 saturated heterocycles. The highest BCUT2D eigenvalue weighted by Crippen LogP contribution is 2.27. The van der Waals surface area contributed by atoms with Crippen molar-refractivity contribution in [3.05, 3.63) is 17.5 Å². The number of aromatic nitrogens is 1. The molecular weight excluding hydrogens is 214 g/mol. The molecule has 0 unspecified atom stereocenters. The quantitative estimate of drug-likeness (QED) is 0.703. The van der Waals surface area contributed by atoms with Crippen molar-refractivity contribution in [3.63, 3.8) is 0 Å². The van der Waals surface area contributed by atoms with Crippen LogP contribution in [0.5, 0.6) is 0 Å².